The Morgan fingerprint density at radius 3 is 2.91 bits per heavy atom. The molecule has 2 atom stereocenters. The lowest BCUT2D eigenvalue weighted by atomic mass is 10.1. The molecule has 2 saturated heterocycles. The van der Waals surface area contributed by atoms with E-state index in [2.05, 4.69) is 0 Å². The zero-order valence-corrected chi connectivity index (χ0v) is 14.2. The Labute approximate surface area is 141 Å². The van der Waals surface area contributed by atoms with E-state index in [0.29, 0.717) is 29.5 Å². The van der Waals surface area contributed by atoms with Gasteiger partial charge >= 0.3 is 0 Å². The van der Waals surface area contributed by atoms with Crippen LogP contribution in [0.5, 0.6) is 5.75 Å². The molecule has 0 bridgehead atoms. The molecule has 23 heavy (non-hydrogen) atoms. The monoisotopic (exact) mass is 336 g/mol. The minimum atomic E-state index is -0.429. The number of rotatable bonds is 3. The van der Waals surface area contributed by atoms with E-state index < -0.39 is 6.04 Å². The number of benzene rings is 1. The largest absolute Gasteiger partial charge is 0.492 e. The van der Waals surface area contributed by atoms with E-state index in [0.717, 1.165) is 19.4 Å². The highest BCUT2D eigenvalue weighted by atomic mass is 35.5. The maximum Gasteiger partial charge on any atom is 0.254 e. The van der Waals surface area contributed by atoms with Crippen molar-refractivity contribution in [1.82, 2.24) is 9.80 Å². The van der Waals surface area contributed by atoms with Crippen LogP contribution in [0.4, 0.5) is 0 Å². The molecule has 0 unspecified atom stereocenters. The lowest BCUT2D eigenvalue weighted by Crippen LogP contribution is -2.60. The van der Waals surface area contributed by atoms with Gasteiger partial charge < -0.3 is 14.5 Å². The highest BCUT2D eigenvalue weighted by Gasteiger charge is 2.42. The number of piperazine rings is 1. The van der Waals surface area contributed by atoms with Gasteiger partial charge in [0.1, 0.15) is 11.8 Å². The van der Waals surface area contributed by atoms with Crippen molar-refractivity contribution < 1.29 is 14.3 Å². The molecule has 5 nitrogen and oxygen atoms in total. The van der Waals surface area contributed by atoms with Gasteiger partial charge in [-0.2, -0.15) is 0 Å². The van der Waals surface area contributed by atoms with Crippen LogP contribution in [0.3, 0.4) is 0 Å². The number of halogens is 1. The molecule has 0 saturated carbocycles. The average molecular weight is 337 g/mol. The fourth-order valence-electron chi connectivity index (χ4n) is 3.41. The summed E-state index contributed by atoms with van der Waals surface area (Å²) >= 11 is 6.17. The molecule has 124 valence electrons. The summed E-state index contributed by atoms with van der Waals surface area (Å²) in [7, 11) is 0. The summed E-state index contributed by atoms with van der Waals surface area (Å²) in [4.78, 5) is 28.9. The van der Waals surface area contributed by atoms with Crippen molar-refractivity contribution in [2.75, 3.05) is 19.7 Å². The van der Waals surface area contributed by atoms with E-state index in [-0.39, 0.29) is 17.9 Å². The second kappa shape index (κ2) is 6.40. The van der Waals surface area contributed by atoms with Gasteiger partial charge in [-0.05, 0) is 44.9 Å². The van der Waals surface area contributed by atoms with Crippen molar-refractivity contribution >= 4 is 23.4 Å². The molecule has 0 N–H and O–H groups in total. The summed E-state index contributed by atoms with van der Waals surface area (Å²) in [5.41, 5.74) is 0.490. The van der Waals surface area contributed by atoms with Crippen molar-refractivity contribution in [3.8, 4) is 5.75 Å². The van der Waals surface area contributed by atoms with Crippen LogP contribution in [0.1, 0.15) is 37.0 Å². The first-order valence-corrected chi connectivity index (χ1v) is 8.44. The number of hydrogen-bond donors (Lipinski definition) is 0. The van der Waals surface area contributed by atoms with Gasteiger partial charge in [0, 0.05) is 24.7 Å². The molecule has 2 fully saturated rings. The van der Waals surface area contributed by atoms with Crippen molar-refractivity contribution in [3.05, 3.63) is 28.8 Å². The van der Waals surface area contributed by atoms with Crippen molar-refractivity contribution in [3.63, 3.8) is 0 Å². The zero-order valence-electron chi connectivity index (χ0n) is 13.4. The molecule has 0 spiro atoms. The van der Waals surface area contributed by atoms with Gasteiger partial charge in [0.15, 0.2) is 0 Å². The normalized spacial score (nSPS) is 23.9. The molecule has 2 aliphatic heterocycles. The quantitative estimate of drug-likeness (QED) is 0.852. The van der Waals surface area contributed by atoms with Gasteiger partial charge in [0.2, 0.25) is 5.91 Å². The van der Waals surface area contributed by atoms with Gasteiger partial charge in [-0.25, -0.2) is 0 Å². The Kier molecular flexibility index (Phi) is 4.48. The minimum absolute atomic E-state index is 0.0455. The van der Waals surface area contributed by atoms with Gasteiger partial charge in [-0.1, -0.05) is 11.6 Å². The molecule has 2 aliphatic rings. The van der Waals surface area contributed by atoms with Crippen molar-refractivity contribution in [2.24, 2.45) is 0 Å². The molecular formula is C17H21ClN2O3. The molecule has 6 heteroatoms. The third-order valence-corrected chi connectivity index (χ3v) is 4.93. The number of fused-ring (bicyclic) bond motifs is 1. The van der Waals surface area contributed by atoms with Gasteiger partial charge in [-0.3, -0.25) is 9.59 Å². The van der Waals surface area contributed by atoms with E-state index in [4.69, 9.17) is 16.3 Å². The van der Waals surface area contributed by atoms with E-state index >= 15 is 0 Å². The van der Waals surface area contributed by atoms with Crippen molar-refractivity contribution in [1.29, 1.82) is 0 Å². The first-order valence-electron chi connectivity index (χ1n) is 8.06. The standard InChI is InChI=1S/C17H21ClN2O3/c1-3-23-15-7-6-12(9-14(15)18)17(22)20-10-13-5-4-8-19(13)16(21)11(20)2/h6-7,9,11,13H,3-5,8,10H2,1-2H3/t11-,13+/m1/s1. The summed E-state index contributed by atoms with van der Waals surface area (Å²) < 4.78 is 5.39. The molecule has 1 aromatic carbocycles. The summed E-state index contributed by atoms with van der Waals surface area (Å²) in [6, 6.07) is 4.75. The molecule has 3 rings (SSSR count). The molecule has 0 radical (unpaired) electrons. The molecule has 0 aliphatic carbocycles. The minimum Gasteiger partial charge on any atom is -0.492 e. The van der Waals surface area contributed by atoms with Crippen molar-refractivity contribution in [2.45, 2.75) is 38.8 Å². The highest BCUT2D eigenvalue weighted by molar-refractivity contribution is 6.32. The Balaban J connectivity index is 1.82. The molecule has 1 aromatic rings. The summed E-state index contributed by atoms with van der Waals surface area (Å²) in [5.74, 6) is 0.460. The number of carbonyl (C=O) groups excluding carboxylic acids is 2. The third kappa shape index (κ3) is 2.90. The summed E-state index contributed by atoms with van der Waals surface area (Å²) in [6.07, 6.45) is 1.98. The lowest BCUT2D eigenvalue weighted by Gasteiger charge is -2.41. The fraction of sp³-hybridized carbons (Fsp3) is 0.529. The van der Waals surface area contributed by atoms with Crippen LogP contribution < -0.4 is 4.74 Å². The van der Waals surface area contributed by atoms with Crippen LogP contribution in [0.2, 0.25) is 5.02 Å². The van der Waals surface area contributed by atoms with E-state index in [9.17, 15) is 9.59 Å². The molecule has 2 amide bonds. The Morgan fingerprint density at radius 2 is 2.22 bits per heavy atom. The second-order valence-electron chi connectivity index (χ2n) is 6.04. The Morgan fingerprint density at radius 1 is 1.43 bits per heavy atom. The molecule has 2 heterocycles. The third-order valence-electron chi connectivity index (χ3n) is 4.63. The van der Waals surface area contributed by atoms with Gasteiger partial charge in [-0.15, -0.1) is 0 Å². The number of nitrogens with zero attached hydrogens (tertiary/aromatic N) is 2. The van der Waals surface area contributed by atoms with E-state index in [1.807, 2.05) is 11.8 Å². The number of ether oxygens (including phenoxy) is 1. The average Bonchev–Trinajstić information content (AvgIpc) is 3.01. The summed E-state index contributed by atoms with van der Waals surface area (Å²) in [5, 5.41) is 0.413. The predicted octanol–water partition coefficient (Wildman–Crippen LogP) is 2.57. The number of hydrogen-bond acceptors (Lipinski definition) is 3. The topological polar surface area (TPSA) is 49.9 Å². The van der Waals surface area contributed by atoms with Crippen LogP contribution in [0.25, 0.3) is 0 Å². The summed E-state index contributed by atoms with van der Waals surface area (Å²) in [6.45, 7) is 5.60. The van der Waals surface area contributed by atoms with Crippen LogP contribution in [0.15, 0.2) is 18.2 Å². The first kappa shape index (κ1) is 16.1. The smallest absolute Gasteiger partial charge is 0.254 e. The van der Waals surface area contributed by atoms with Crippen LogP contribution >= 0.6 is 11.6 Å². The molecular weight excluding hydrogens is 316 g/mol. The lowest BCUT2D eigenvalue weighted by molar-refractivity contribution is -0.141. The second-order valence-corrected chi connectivity index (χ2v) is 6.45. The number of carbonyl (C=O) groups is 2. The van der Waals surface area contributed by atoms with Crippen LogP contribution in [-0.2, 0) is 4.79 Å². The van der Waals surface area contributed by atoms with E-state index in [1.165, 1.54) is 0 Å². The maximum absolute atomic E-state index is 12.8. The SMILES string of the molecule is CCOc1ccc(C(=O)N2C[C@@H]3CCCN3C(=O)[C@H]2C)cc1Cl. The van der Waals surface area contributed by atoms with Crippen LogP contribution in [0, 0.1) is 0 Å². The first-order chi connectivity index (χ1) is 11.0. The van der Waals surface area contributed by atoms with Crippen LogP contribution in [-0.4, -0.2) is 53.4 Å². The van der Waals surface area contributed by atoms with E-state index in [1.54, 1.807) is 30.0 Å². The fourth-order valence-corrected chi connectivity index (χ4v) is 3.64. The van der Waals surface area contributed by atoms with Gasteiger partial charge in [0.05, 0.1) is 11.6 Å². The highest BCUT2D eigenvalue weighted by Crippen LogP contribution is 2.29. The molecule has 0 aromatic heterocycles. The maximum atomic E-state index is 12.8. The number of amides is 2. The zero-order chi connectivity index (χ0) is 16.6. The Hall–Kier alpha value is -1.75. The Bertz CT molecular complexity index is 634. The predicted molar refractivity (Wildman–Crippen MR) is 87.9 cm³/mol. The van der Waals surface area contributed by atoms with Gasteiger partial charge in [0.25, 0.3) is 5.91 Å².